The van der Waals surface area contributed by atoms with E-state index in [9.17, 15) is 4.79 Å². The number of carbonyl (C=O) groups excluding carboxylic acids is 1. The molecule has 0 bridgehead atoms. The Morgan fingerprint density at radius 3 is 2.70 bits per heavy atom. The van der Waals surface area contributed by atoms with E-state index in [0.29, 0.717) is 0 Å². The Balaban J connectivity index is 1.95. The SMILES string of the molecule is CC1Oc2ccc(C3NNC(C)C3N)cc2N(C)C1=O. The van der Waals surface area contributed by atoms with Gasteiger partial charge in [-0.25, -0.2) is 5.43 Å². The van der Waals surface area contributed by atoms with Crippen molar-refractivity contribution in [2.75, 3.05) is 11.9 Å². The fourth-order valence-corrected chi connectivity index (χ4v) is 2.73. The van der Waals surface area contributed by atoms with E-state index >= 15 is 0 Å². The number of nitrogens with two attached hydrogens (primary N) is 1. The molecule has 0 aliphatic carbocycles. The van der Waals surface area contributed by atoms with Crippen LogP contribution >= 0.6 is 0 Å². The van der Waals surface area contributed by atoms with E-state index in [-0.39, 0.29) is 24.0 Å². The molecule has 3 rings (SSSR count). The predicted molar refractivity (Wildman–Crippen MR) is 76.4 cm³/mol. The number of nitrogens with zero attached hydrogens (tertiary/aromatic N) is 1. The van der Waals surface area contributed by atoms with E-state index in [1.165, 1.54) is 0 Å². The molecular weight excluding hydrogens is 256 g/mol. The van der Waals surface area contributed by atoms with Crippen LogP contribution in [0.15, 0.2) is 18.2 Å². The smallest absolute Gasteiger partial charge is 0.267 e. The second-order valence-corrected chi connectivity index (χ2v) is 5.52. The van der Waals surface area contributed by atoms with Crippen molar-refractivity contribution in [2.45, 2.75) is 38.1 Å². The zero-order valence-electron chi connectivity index (χ0n) is 11.9. The standard InChI is InChI=1S/C14H20N4O2/c1-7-12(15)13(17-16-7)9-4-5-11-10(6-9)18(3)14(19)8(2)20-11/h4-8,12-13,16-17H,15H2,1-3H3. The number of rotatable bonds is 1. The molecule has 1 fully saturated rings. The molecule has 4 atom stereocenters. The first-order chi connectivity index (χ1) is 9.49. The summed E-state index contributed by atoms with van der Waals surface area (Å²) in [7, 11) is 1.77. The van der Waals surface area contributed by atoms with Crippen molar-refractivity contribution in [2.24, 2.45) is 5.73 Å². The minimum atomic E-state index is -0.438. The highest BCUT2D eigenvalue weighted by atomic mass is 16.5. The first-order valence-electron chi connectivity index (χ1n) is 6.84. The van der Waals surface area contributed by atoms with Crippen molar-refractivity contribution in [3.63, 3.8) is 0 Å². The molecule has 2 aliphatic rings. The molecule has 2 heterocycles. The summed E-state index contributed by atoms with van der Waals surface area (Å²) in [4.78, 5) is 13.6. The fraction of sp³-hybridized carbons (Fsp3) is 0.500. The van der Waals surface area contributed by atoms with Gasteiger partial charge in [0.05, 0.1) is 11.7 Å². The lowest BCUT2D eigenvalue weighted by Crippen LogP contribution is -2.42. The monoisotopic (exact) mass is 276 g/mol. The number of hydrogen-bond donors (Lipinski definition) is 3. The quantitative estimate of drug-likeness (QED) is 0.687. The molecule has 4 N–H and O–H groups in total. The van der Waals surface area contributed by atoms with E-state index < -0.39 is 6.10 Å². The van der Waals surface area contributed by atoms with E-state index in [4.69, 9.17) is 10.5 Å². The van der Waals surface area contributed by atoms with Crippen LogP contribution in [0.25, 0.3) is 0 Å². The van der Waals surface area contributed by atoms with Crippen molar-refractivity contribution in [1.29, 1.82) is 0 Å². The lowest BCUT2D eigenvalue weighted by atomic mass is 9.97. The van der Waals surface area contributed by atoms with Crippen LogP contribution in [0.5, 0.6) is 5.75 Å². The van der Waals surface area contributed by atoms with E-state index in [1.807, 2.05) is 25.1 Å². The number of amides is 1. The van der Waals surface area contributed by atoms with Crippen LogP contribution < -0.4 is 26.2 Å². The molecule has 6 heteroatoms. The summed E-state index contributed by atoms with van der Waals surface area (Å²) < 4.78 is 5.62. The van der Waals surface area contributed by atoms with Gasteiger partial charge in [-0.05, 0) is 31.5 Å². The Morgan fingerprint density at radius 1 is 1.30 bits per heavy atom. The summed E-state index contributed by atoms with van der Waals surface area (Å²) in [6, 6.07) is 6.08. The number of carbonyl (C=O) groups is 1. The lowest BCUT2D eigenvalue weighted by Gasteiger charge is -2.31. The van der Waals surface area contributed by atoms with Crippen LogP contribution in [0, 0.1) is 0 Å². The number of anilines is 1. The minimum Gasteiger partial charge on any atom is -0.479 e. The summed E-state index contributed by atoms with van der Waals surface area (Å²) in [6.45, 7) is 3.80. The molecule has 0 spiro atoms. The van der Waals surface area contributed by atoms with Gasteiger partial charge < -0.3 is 15.4 Å². The molecule has 20 heavy (non-hydrogen) atoms. The molecular formula is C14H20N4O2. The van der Waals surface area contributed by atoms with Crippen LogP contribution in [-0.4, -0.2) is 31.1 Å². The number of benzene rings is 1. The molecule has 4 unspecified atom stereocenters. The van der Waals surface area contributed by atoms with Crippen LogP contribution in [0.4, 0.5) is 5.69 Å². The van der Waals surface area contributed by atoms with E-state index in [0.717, 1.165) is 17.0 Å². The number of nitrogens with one attached hydrogen (secondary N) is 2. The molecule has 0 saturated carbocycles. The van der Waals surface area contributed by atoms with E-state index in [2.05, 4.69) is 10.9 Å². The van der Waals surface area contributed by atoms with Gasteiger partial charge in [0.15, 0.2) is 6.10 Å². The summed E-state index contributed by atoms with van der Waals surface area (Å²) in [5.41, 5.74) is 14.3. The normalized spacial score (nSPS) is 33.0. The first kappa shape index (κ1) is 13.4. The Labute approximate surface area is 118 Å². The van der Waals surface area contributed by atoms with E-state index in [1.54, 1.807) is 18.9 Å². The Bertz CT molecular complexity index is 548. The molecule has 2 aliphatic heterocycles. The third kappa shape index (κ3) is 1.96. The van der Waals surface area contributed by atoms with Gasteiger partial charge in [0.25, 0.3) is 5.91 Å². The number of fused-ring (bicyclic) bond motifs is 1. The van der Waals surface area contributed by atoms with Crippen LogP contribution in [-0.2, 0) is 4.79 Å². The molecule has 1 saturated heterocycles. The van der Waals surface area contributed by atoms with Gasteiger partial charge in [-0.2, -0.15) is 0 Å². The van der Waals surface area contributed by atoms with Gasteiger partial charge in [-0.15, -0.1) is 0 Å². The predicted octanol–water partition coefficient (Wildman–Crippen LogP) is 0.295. The fourth-order valence-electron chi connectivity index (χ4n) is 2.73. The number of likely N-dealkylation sites (N-methyl/N-ethyl adjacent to an activating group) is 1. The largest absolute Gasteiger partial charge is 0.479 e. The highest BCUT2D eigenvalue weighted by Gasteiger charge is 2.33. The van der Waals surface area contributed by atoms with Crippen LogP contribution in [0.1, 0.15) is 25.5 Å². The van der Waals surface area contributed by atoms with Crippen LogP contribution in [0.3, 0.4) is 0 Å². The second-order valence-electron chi connectivity index (χ2n) is 5.52. The molecule has 1 aromatic carbocycles. The van der Waals surface area contributed by atoms with Gasteiger partial charge in [0.1, 0.15) is 5.75 Å². The summed E-state index contributed by atoms with van der Waals surface area (Å²) in [6.07, 6.45) is -0.438. The zero-order valence-corrected chi connectivity index (χ0v) is 11.9. The minimum absolute atomic E-state index is 0.0162. The summed E-state index contributed by atoms with van der Waals surface area (Å²) in [5, 5.41) is 0. The van der Waals surface area contributed by atoms with Gasteiger partial charge in [-0.3, -0.25) is 10.2 Å². The third-order valence-corrected chi connectivity index (χ3v) is 4.11. The molecule has 1 amide bonds. The molecule has 0 aromatic heterocycles. The topological polar surface area (TPSA) is 79.6 Å². The van der Waals surface area contributed by atoms with Gasteiger partial charge >= 0.3 is 0 Å². The summed E-state index contributed by atoms with van der Waals surface area (Å²) >= 11 is 0. The van der Waals surface area contributed by atoms with Crippen molar-refractivity contribution >= 4 is 11.6 Å². The Kier molecular flexibility index (Phi) is 3.16. The first-order valence-corrected chi connectivity index (χ1v) is 6.84. The average molecular weight is 276 g/mol. The Hall–Kier alpha value is -1.63. The van der Waals surface area contributed by atoms with Crippen molar-refractivity contribution in [1.82, 2.24) is 10.9 Å². The maximum absolute atomic E-state index is 12.0. The molecule has 6 nitrogen and oxygen atoms in total. The number of ether oxygens (including phenoxy) is 1. The highest BCUT2D eigenvalue weighted by Crippen LogP contribution is 2.36. The van der Waals surface area contributed by atoms with Gasteiger partial charge in [-0.1, -0.05) is 6.07 Å². The Morgan fingerprint density at radius 2 is 2.05 bits per heavy atom. The third-order valence-electron chi connectivity index (χ3n) is 4.11. The number of hydrazine groups is 1. The molecule has 1 aromatic rings. The van der Waals surface area contributed by atoms with Crippen molar-refractivity contribution in [3.05, 3.63) is 23.8 Å². The van der Waals surface area contributed by atoms with Crippen molar-refractivity contribution < 1.29 is 9.53 Å². The van der Waals surface area contributed by atoms with Crippen LogP contribution in [0.2, 0.25) is 0 Å². The average Bonchev–Trinajstić information content (AvgIpc) is 2.77. The highest BCUT2D eigenvalue weighted by molar-refractivity contribution is 5.99. The summed E-state index contributed by atoms with van der Waals surface area (Å²) in [5.74, 6) is 0.695. The second kappa shape index (κ2) is 4.73. The number of hydrogen-bond acceptors (Lipinski definition) is 5. The maximum Gasteiger partial charge on any atom is 0.267 e. The van der Waals surface area contributed by atoms with Crippen molar-refractivity contribution in [3.8, 4) is 5.75 Å². The zero-order chi connectivity index (χ0) is 14.4. The lowest BCUT2D eigenvalue weighted by molar-refractivity contribution is -0.125. The molecule has 108 valence electrons. The molecule has 0 radical (unpaired) electrons. The van der Waals surface area contributed by atoms with Gasteiger partial charge in [0.2, 0.25) is 0 Å². The maximum atomic E-state index is 12.0. The van der Waals surface area contributed by atoms with Gasteiger partial charge in [0, 0.05) is 19.1 Å².